The van der Waals surface area contributed by atoms with Gasteiger partial charge in [0.15, 0.2) is 11.4 Å². The van der Waals surface area contributed by atoms with Crippen molar-refractivity contribution in [3.63, 3.8) is 0 Å². The summed E-state index contributed by atoms with van der Waals surface area (Å²) in [5.41, 5.74) is 5.80. The minimum Gasteiger partial charge on any atom is -0.465 e. The topological polar surface area (TPSA) is 84.8 Å². The monoisotopic (exact) mass is 240 g/mol. The van der Waals surface area contributed by atoms with Crippen LogP contribution in [-0.4, -0.2) is 56.4 Å². The molecule has 0 atom stereocenters. The molecule has 7 nitrogen and oxygen atoms in total. The molecular weight excluding hydrogens is 224 g/mol. The summed E-state index contributed by atoms with van der Waals surface area (Å²) in [6, 6.07) is 0. The predicted octanol–water partition coefficient (Wildman–Crippen LogP) is -0.205. The molecule has 0 bridgehead atoms. The zero-order valence-corrected chi connectivity index (χ0v) is 9.97. The highest BCUT2D eigenvalue weighted by atomic mass is 16.5. The van der Waals surface area contributed by atoms with Crippen molar-refractivity contribution < 1.29 is 14.1 Å². The number of rotatable bonds is 2. The summed E-state index contributed by atoms with van der Waals surface area (Å²) in [4.78, 5) is 15.8. The van der Waals surface area contributed by atoms with E-state index in [1.54, 1.807) is 0 Å². The lowest BCUT2D eigenvalue weighted by molar-refractivity contribution is 0.0602. The summed E-state index contributed by atoms with van der Waals surface area (Å²) >= 11 is 0. The molecule has 0 aromatic carbocycles. The number of anilines is 2. The van der Waals surface area contributed by atoms with Gasteiger partial charge in [0, 0.05) is 26.2 Å². The molecule has 1 fully saturated rings. The summed E-state index contributed by atoms with van der Waals surface area (Å²) < 4.78 is 9.54. The van der Waals surface area contributed by atoms with Gasteiger partial charge in [0.25, 0.3) is 0 Å². The lowest BCUT2D eigenvalue weighted by Crippen LogP contribution is -2.45. The Balaban J connectivity index is 2.23. The van der Waals surface area contributed by atoms with Crippen LogP contribution in [0.15, 0.2) is 4.52 Å². The molecule has 1 aromatic rings. The van der Waals surface area contributed by atoms with Gasteiger partial charge in [-0.25, -0.2) is 4.79 Å². The average molecular weight is 240 g/mol. The van der Waals surface area contributed by atoms with E-state index in [0.717, 1.165) is 26.2 Å². The van der Waals surface area contributed by atoms with E-state index in [1.165, 1.54) is 7.11 Å². The Hall–Kier alpha value is -1.76. The van der Waals surface area contributed by atoms with Crippen LogP contribution in [0, 0.1) is 0 Å². The van der Waals surface area contributed by atoms with Crippen LogP contribution in [0.2, 0.25) is 0 Å². The minimum atomic E-state index is -0.516. The number of nitrogens with two attached hydrogens (primary N) is 1. The Morgan fingerprint density at radius 3 is 2.65 bits per heavy atom. The van der Waals surface area contributed by atoms with Gasteiger partial charge in [-0.15, -0.1) is 0 Å². The molecule has 2 heterocycles. The van der Waals surface area contributed by atoms with E-state index in [4.69, 9.17) is 10.3 Å². The second-order valence-corrected chi connectivity index (χ2v) is 4.03. The third-order valence-corrected chi connectivity index (χ3v) is 2.89. The molecule has 1 aliphatic rings. The number of ether oxygens (including phenoxy) is 1. The molecule has 0 spiro atoms. The summed E-state index contributed by atoms with van der Waals surface area (Å²) in [5.74, 6) is -0.0362. The van der Waals surface area contributed by atoms with E-state index in [2.05, 4.69) is 21.8 Å². The number of nitrogen functional groups attached to an aromatic ring is 1. The third kappa shape index (κ3) is 2.19. The Kier molecular flexibility index (Phi) is 3.19. The van der Waals surface area contributed by atoms with Crippen molar-refractivity contribution >= 4 is 17.7 Å². The van der Waals surface area contributed by atoms with E-state index >= 15 is 0 Å². The van der Waals surface area contributed by atoms with Crippen LogP contribution in [0.3, 0.4) is 0 Å². The lowest BCUT2D eigenvalue weighted by Gasteiger charge is -2.32. The highest BCUT2D eigenvalue weighted by Crippen LogP contribution is 2.26. The predicted molar refractivity (Wildman–Crippen MR) is 62.0 cm³/mol. The van der Waals surface area contributed by atoms with Gasteiger partial charge in [-0.2, -0.15) is 0 Å². The summed E-state index contributed by atoms with van der Waals surface area (Å²) in [7, 11) is 3.36. The van der Waals surface area contributed by atoms with Crippen molar-refractivity contribution in [1.29, 1.82) is 0 Å². The molecule has 1 aliphatic heterocycles. The zero-order chi connectivity index (χ0) is 12.4. The largest absolute Gasteiger partial charge is 0.465 e. The lowest BCUT2D eigenvalue weighted by atomic mass is 10.2. The number of hydrogen-bond acceptors (Lipinski definition) is 7. The van der Waals surface area contributed by atoms with E-state index in [0.29, 0.717) is 5.82 Å². The van der Waals surface area contributed by atoms with Gasteiger partial charge in [-0.05, 0) is 7.05 Å². The standard InChI is InChI=1S/C10H16N4O3/c1-13-3-5-14(6-4-13)9-7(10(15)16-2)8(11)17-12-9/h3-6,11H2,1-2H3. The molecule has 0 aliphatic carbocycles. The number of hydrogen-bond donors (Lipinski definition) is 1. The van der Waals surface area contributed by atoms with Crippen molar-refractivity contribution in [2.45, 2.75) is 0 Å². The molecule has 0 saturated carbocycles. The Labute approximate surface area is 99.1 Å². The first-order chi connectivity index (χ1) is 8.13. The van der Waals surface area contributed by atoms with Crippen molar-refractivity contribution in [2.24, 2.45) is 0 Å². The number of carbonyl (C=O) groups excluding carboxylic acids is 1. The highest BCUT2D eigenvalue weighted by molar-refractivity contribution is 5.99. The second-order valence-electron chi connectivity index (χ2n) is 4.03. The maximum Gasteiger partial charge on any atom is 0.347 e. The number of piperazine rings is 1. The fourth-order valence-electron chi connectivity index (χ4n) is 1.82. The van der Waals surface area contributed by atoms with Gasteiger partial charge in [0.1, 0.15) is 0 Å². The normalized spacial score (nSPS) is 17.2. The van der Waals surface area contributed by atoms with Crippen LogP contribution in [0.4, 0.5) is 11.7 Å². The van der Waals surface area contributed by atoms with Crippen molar-refractivity contribution in [2.75, 3.05) is 51.0 Å². The first-order valence-electron chi connectivity index (χ1n) is 5.40. The van der Waals surface area contributed by atoms with Crippen LogP contribution < -0.4 is 10.6 Å². The average Bonchev–Trinajstić information content (AvgIpc) is 2.71. The number of likely N-dealkylation sites (N-methyl/N-ethyl adjacent to an activating group) is 1. The van der Waals surface area contributed by atoms with Crippen LogP contribution >= 0.6 is 0 Å². The van der Waals surface area contributed by atoms with Crippen LogP contribution in [0.5, 0.6) is 0 Å². The van der Waals surface area contributed by atoms with Crippen molar-refractivity contribution in [3.8, 4) is 0 Å². The van der Waals surface area contributed by atoms with Gasteiger partial charge in [0.05, 0.1) is 7.11 Å². The first-order valence-corrected chi connectivity index (χ1v) is 5.40. The fraction of sp³-hybridized carbons (Fsp3) is 0.600. The van der Waals surface area contributed by atoms with Gasteiger partial charge >= 0.3 is 5.97 Å². The fourth-order valence-corrected chi connectivity index (χ4v) is 1.82. The van der Waals surface area contributed by atoms with Crippen molar-refractivity contribution in [3.05, 3.63) is 5.56 Å². The molecule has 1 saturated heterocycles. The Morgan fingerprint density at radius 2 is 2.06 bits per heavy atom. The number of nitrogens with zero attached hydrogens (tertiary/aromatic N) is 3. The summed E-state index contributed by atoms with van der Waals surface area (Å²) in [5, 5.41) is 3.84. The maximum atomic E-state index is 11.6. The minimum absolute atomic E-state index is 0.00535. The number of aromatic nitrogens is 1. The van der Waals surface area contributed by atoms with Gasteiger partial charge in [0.2, 0.25) is 5.88 Å². The van der Waals surface area contributed by atoms with Gasteiger partial charge in [-0.1, -0.05) is 5.16 Å². The van der Waals surface area contributed by atoms with E-state index in [9.17, 15) is 4.79 Å². The quantitative estimate of drug-likeness (QED) is 0.716. The zero-order valence-electron chi connectivity index (χ0n) is 9.97. The number of carbonyl (C=O) groups is 1. The Morgan fingerprint density at radius 1 is 1.41 bits per heavy atom. The van der Waals surface area contributed by atoms with Crippen molar-refractivity contribution in [1.82, 2.24) is 10.1 Å². The molecule has 2 N–H and O–H groups in total. The SMILES string of the molecule is COC(=O)c1c(N2CCN(C)CC2)noc1N. The van der Waals surface area contributed by atoms with Gasteiger partial charge in [-0.3, -0.25) is 0 Å². The Bertz CT molecular complexity index is 410. The van der Waals surface area contributed by atoms with Crippen LogP contribution in [-0.2, 0) is 4.74 Å². The molecule has 0 radical (unpaired) electrons. The third-order valence-electron chi connectivity index (χ3n) is 2.89. The molecule has 17 heavy (non-hydrogen) atoms. The second kappa shape index (κ2) is 4.62. The van der Waals surface area contributed by atoms with Crippen LogP contribution in [0.25, 0.3) is 0 Å². The van der Waals surface area contributed by atoms with Crippen LogP contribution in [0.1, 0.15) is 10.4 Å². The molecule has 0 amide bonds. The molecule has 94 valence electrons. The first kappa shape index (κ1) is 11.7. The molecule has 1 aromatic heterocycles. The molecule has 2 rings (SSSR count). The molecular formula is C10H16N4O3. The van der Waals surface area contributed by atoms with E-state index in [1.807, 2.05) is 4.90 Å². The molecule has 7 heteroatoms. The van der Waals surface area contributed by atoms with E-state index < -0.39 is 5.97 Å². The maximum absolute atomic E-state index is 11.6. The van der Waals surface area contributed by atoms with Gasteiger partial charge < -0.3 is 24.8 Å². The highest BCUT2D eigenvalue weighted by Gasteiger charge is 2.27. The number of methoxy groups -OCH3 is 1. The smallest absolute Gasteiger partial charge is 0.347 e. The summed E-state index contributed by atoms with van der Waals surface area (Å²) in [6.07, 6.45) is 0. The molecule has 0 unspecified atom stereocenters. The number of esters is 1. The summed E-state index contributed by atoms with van der Waals surface area (Å²) in [6.45, 7) is 3.39. The van der Waals surface area contributed by atoms with E-state index in [-0.39, 0.29) is 11.4 Å².